The minimum atomic E-state index is 0.211. The Hall–Kier alpha value is -0.890. The summed E-state index contributed by atoms with van der Waals surface area (Å²) in [4.78, 5) is 14.4. The van der Waals surface area contributed by atoms with Crippen LogP contribution in [0, 0.1) is 0 Å². The molecule has 0 spiro atoms. The maximum absolute atomic E-state index is 12.2. The zero-order chi connectivity index (χ0) is 13.5. The fourth-order valence-corrected chi connectivity index (χ4v) is 2.42. The van der Waals surface area contributed by atoms with Crippen molar-refractivity contribution in [2.24, 2.45) is 0 Å². The second-order valence-corrected chi connectivity index (χ2v) is 5.51. The van der Waals surface area contributed by atoms with Gasteiger partial charge in [-0.05, 0) is 57.3 Å². The first kappa shape index (κ1) is 15.2. The number of unbranched alkanes of at least 4 members (excludes halogenated alkanes) is 2. The van der Waals surface area contributed by atoms with Crippen molar-refractivity contribution in [1.82, 2.24) is 4.90 Å². The van der Waals surface area contributed by atoms with Crippen molar-refractivity contribution in [3.05, 3.63) is 23.8 Å². The molecule has 0 saturated heterocycles. The van der Waals surface area contributed by atoms with Crippen molar-refractivity contribution in [1.29, 1.82) is 0 Å². The van der Waals surface area contributed by atoms with E-state index in [1.165, 1.54) is 12.8 Å². The molecule has 1 atom stereocenters. The Morgan fingerprint density at radius 2 is 2.17 bits per heavy atom. The molecule has 1 rings (SSSR count). The van der Waals surface area contributed by atoms with Crippen LogP contribution in [0.2, 0.25) is 0 Å². The van der Waals surface area contributed by atoms with Crippen LogP contribution >= 0.6 is 0 Å². The number of rotatable bonds is 7. The van der Waals surface area contributed by atoms with Gasteiger partial charge < -0.3 is 4.90 Å². The highest BCUT2D eigenvalue weighted by molar-refractivity contribution is 6.07. The molecule has 0 radical (unpaired) electrons. The van der Waals surface area contributed by atoms with Gasteiger partial charge in [-0.1, -0.05) is 32.4 Å². The molecule has 1 unspecified atom stereocenters. The van der Waals surface area contributed by atoms with Crippen LogP contribution in [0.3, 0.4) is 0 Å². The van der Waals surface area contributed by atoms with Crippen LogP contribution in [0.4, 0.5) is 0 Å². The van der Waals surface area contributed by atoms with E-state index in [2.05, 4.69) is 38.6 Å². The van der Waals surface area contributed by atoms with Crippen LogP contribution < -0.4 is 0 Å². The van der Waals surface area contributed by atoms with Crippen molar-refractivity contribution in [2.45, 2.75) is 57.9 Å². The predicted molar refractivity (Wildman–Crippen MR) is 77.7 cm³/mol. The van der Waals surface area contributed by atoms with Crippen molar-refractivity contribution >= 4 is 5.78 Å². The highest BCUT2D eigenvalue weighted by atomic mass is 16.1. The largest absolute Gasteiger partial charge is 0.306 e. The molecule has 0 aliphatic heterocycles. The van der Waals surface area contributed by atoms with Crippen LogP contribution in [0.1, 0.15) is 51.9 Å². The molecule has 1 aliphatic carbocycles. The monoisotopic (exact) mass is 249 g/mol. The van der Waals surface area contributed by atoms with Gasteiger partial charge in [-0.15, -0.1) is 0 Å². The molecule has 0 N–H and O–H groups in total. The van der Waals surface area contributed by atoms with Crippen molar-refractivity contribution < 1.29 is 4.79 Å². The summed E-state index contributed by atoms with van der Waals surface area (Å²) in [5.41, 5.74) is 1.80. The zero-order valence-electron chi connectivity index (χ0n) is 12.2. The van der Waals surface area contributed by atoms with Crippen LogP contribution in [-0.2, 0) is 4.79 Å². The fraction of sp³-hybridized carbons (Fsp3) is 0.688. The van der Waals surface area contributed by atoms with Crippen LogP contribution in [0.25, 0.3) is 0 Å². The number of carbonyl (C=O) groups excluding carboxylic acids is 1. The molecule has 0 amide bonds. The van der Waals surface area contributed by atoms with E-state index >= 15 is 0 Å². The summed E-state index contributed by atoms with van der Waals surface area (Å²) in [5, 5.41) is 0. The number of ketones is 1. The quantitative estimate of drug-likeness (QED) is 0.506. The molecule has 0 aromatic rings. The number of carbonyl (C=O) groups is 1. The second-order valence-electron chi connectivity index (χ2n) is 5.51. The van der Waals surface area contributed by atoms with Gasteiger partial charge in [-0.3, -0.25) is 4.79 Å². The van der Waals surface area contributed by atoms with E-state index in [-0.39, 0.29) is 5.78 Å². The lowest BCUT2D eigenvalue weighted by atomic mass is 9.89. The summed E-state index contributed by atoms with van der Waals surface area (Å²) >= 11 is 0. The fourth-order valence-electron chi connectivity index (χ4n) is 2.42. The molecular formula is C16H27NO. The van der Waals surface area contributed by atoms with E-state index in [9.17, 15) is 4.79 Å². The van der Waals surface area contributed by atoms with E-state index in [0.717, 1.165) is 43.3 Å². The predicted octanol–water partition coefficient (Wildman–Crippen LogP) is 3.73. The Morgan fingerprint density at radius 1 is 1.44 bits per heavy atom. The van der Waals surface area contributed by atoms with Gasteiger partial charge in [-0.25, -0.2) is 0 Å². The van der Waals surface area contributed by atoms with Gasteiger partial charge in [0.15, 0.2) is 5.78 Å². The normalized spacial score (nSPS) is 19.8. The molecular weight excluding hydrogens is 222 g/mol. The van der Waals surface area contributed by atoms with E-state index in [4.69, 9.17) is 0 Å². The van der Waals surface area contributed by atoms with Crippen molar-refractivity contribution in [3.8, 4) is 0 Å². The van der Waals surface area contributed by atoms with Crippen molar-refractivity contribution in [3.63, 3.8) is 0 Å². The van der Waals surface area contributed by atoms with Gasteiger partial charge in [0.05, 0.1) is 0 Å². The average molecular weight is 249 g/mol. The lowest BCUT2D eigenvalue weighted by Crippen LogP contribution is -2.30. The van der Waals surface area contributed by atoms with Gasteiger partial charge in [0.2, 0.25) is 0 Å². The third kappa shape index (κ3) is 4.41. The standard InChI is InChI=1S/C16H27NO/c1-5-6-7-8-13(2)16(18)14-9-11-15(12-10-14)17(3)4/h9,15H,2,5-8,10-12H2,1,3-4H3. The first-order valence-electron chi connectivity index (χ1n) is 7.14. The Balaban J connectivity index is 2.45. The molecule has 2 heteroatoms. The highest BCUT2D eigenvalue weighted by Gasteiger charge is 2.20. The summed E-state index contributed by atoms with van der Waals surface area (Å²) in [6.07, 6.45) is 9.46. The summed E-state index contributed by atoms with van der Waals surface area (Å²) in [7, 11) is 4.21. The molecule has 0 aromatic carbocycles. The van der Waals surface area contributed by atoms with Gasteiger partial charge >= 0.3 is 0 Å². The molecule has 2 nitrogen and oxygen atoms in total. The van der Waals surface area contributed by atoms with Crippen LogP contribution in [0.5, 0.6) is 0 Å². The summed E-state index contributed by atoms with van der Waals surface area (Å²) in [6, 6.07) is 0.593. The number of nitrogens with zero attached hydrogens (tertiary/aromatic N) is 1. The summed E-state index contributed by atoms with van der Waals surface area (Å²) < 4.78 is 0. The molecule has 102 valence electrons. The Labute approximate surface area is 112 Å². The van der Waals surface area contributed by atoms with Crippen LogP contribution in [-0.4, -0.2) is 30.8 Å². The van der Waals surface area contributed by atoms with E-state index in [1.54, 1.807) is 0 Å². The van der Waals surface area contributed by atoms with Crippen LogP contribution in [0.15, 0.2) is 23.8 Å². The molecule has 0 fully saturated rings. The maximum Gasteiger partial charge on any atom is 0.184 e. The van der Waals surface area contributed by atoms with Crippen molar-refractivity contribution in [2.75, 3.05) is 14.1 Å². The summed E-state index contributed by atoms with van der Waals surface area (Å²) in [6.45, 7) is 6.13. The van der Waals surface area contributed by atoms with E-state index < -0.39 is 0 Å². The lowest BCUT2D eigenvalue weighted by Gasteiger charge is -2.27. The maximum atomic E-state index is 12.2. The first-order valence-corrected chi connectivity index (χ1v) is 7.14. The molecule has 0 saturated carbocycles. The number of allylic oxidation sites excluding steroid dienone is 2. The molecule has 1 aliphatic rings. The minimum Gasteiger partial charge on any atom is -0.306 e. The minimum absolute atomic E-state index is 0.211. The lowest BCUT2D eigenvalue weighted by molar-refractivity contribution is -0.112. The van der Waals surface area contributed by atoms with Gasteiger partial charge in [0.25, 0.3) is 0 Å². The summed E-state index contributed by atoms with van der Waals surface area (Å²) in [5.74, 6) is 0.211. The first-order chi connectivity index (χ1) is 8.56. The third-order valence-corrected chi connectivity index (χ3v) is 3.81. The Bertz CT molecular complexity index is 328. The Kier molecular flexibility index (Phi) is 6.34. The Morgan fingerprint density at radius 3 is 2.67 bits per heavy atom. The number of hydrogen-bond donors (Lipinski definition) is 0. The third-order valence-electron chi connectivity index (χ3n) is 3.81. The second kappa shape index (κ2) is 7.52. The SMILES string of the molecule is C=C(CCCCC)C(=O)C1=CCC(N(C)C)CC1. The highest BCUT2D eigenvalue weighted by Crippen LogP contribution is 2.24. The molecule has 18 heavy (non-hydrogen) atoms. The number of Topliss-reactive ketones (excluding diaryl/α,β-unsaturated/α-hetero) is 1. The molecule has 0 heterocycles. The van der Waals surface area contributed by atoms with Gasteiger partial charge in [-0.2, -0.15) is 0 Å². The molecule has 0 aromatic heterocycles. The van der Waals surface area contributed by atoms with Gasteiger partial charge in [0.1, 0.15) is 0 Å². The average Bonchev–Trinajstić information content (AvgIpc) is 2.38. The van der Waals surface area contributed by atoms with E-state index in [0.29, 0.717) is 6.04 Å². The topological polar surface area (TPSA) is 20.3 Å². The number of hydrogen-bond acceptors (Lipinski definition) is 2. The van der Waals surface area contributed by atoms with Gasteiger partial charge in [0, 0.05) is 6.04 Å². The molecule has 0 bridgehead atoms. The smallest absolute Gasteiger partial charge is 0.184 e. The zero-order valence-corrected chi connectivity index (χ0v) is 12.2. The van der Waals surface area contributed by atoms with E-state index in [1.807, 2.05) is 0 Å².